The van der Waals surface area contributed by atoms with Crippen molar-refractivity contribution in [3.05, 3.63) is 130 Å². The second-order valence-electron chi connectivity index (χ2n) is 12.1. The van der Waals surface area contributed by atoms with E-state index in [0.717, 1.165) is 42.2 Å². The molecule has 7 heteroatoms. The third-order valence-corrected chi connectivity index (χ3v) is 9.80. The summed E-state index contributed by atoms with van der Waals surface area (Å²) in [7, 11) is 0. The van der Waals surface area contributed by atoms with Crippen molar-refractivity contribution >= 4 is 29.0 Å². The number of halogens is 2. The van der Waals surface area contributed by atoms with Crippen molar-refractivity contribution in [1.82, 2.24) is 0 Å². The summed E-state index contributed by atoms with van der Waals surface area (Å²) in [5, 5.41) is 9.81. The summed E-state index contributed by atoms with van der Waals surface area (Å²) in [5.41, 5.74) is 2.54. The zero-order valence-electron chi connectivity index (χ0n) is 27.9. The summed E-state index contributed by atoms with van der Waals surface area (Å²) in [6.07, 6.45) is 29.3. The molecule has 0 aromatic carbocycles. The molecule has 2 aliphatic carbocycles. The van der Waals surface area contributed by atoms with Crippen molar-refractivity contribution in [2.24, 2.45) is 16.8 Å². The lowest BCUT2D eigenvalue weighted by Gasteiger charge is -2.26. The Morgan fingerprint density at radius 3 is 2.55 bits per heavy atom. The average Bonchev–Trinajstić information content (AvgIpc) is 3.03. The zero-order chi connectivity index (χ0) is 34.4. The number of aliphatic hydroxyl groups is 1. The molecule has 47 heavy (non-hydrogen) atoms. The van der Waals surface area contributed by atoms with Crippen LogP contribution in [0.4, 0.5) is 8.78 Å². The first-order chi connectivity index (χ1) is 22.4. The molecule has 0 saturated heterocycles. The number of carbonyl (C=O) groups is 2. The van der Waals surface area contributed by atoms with Gasteiger partial charge in [0.25, 0.3) is 5.92 Å². The minimum absolute atomic E-state index is 0.0623. The maximum Gasteiger partial charge on any atom is 0.291 e. The summed E-state index contributed by atoms with van der Waals surface area (Å²) >= 11 is 1.43. The number of aliphatic hydroxyl groups excluding tert-OH is 1. The van der Waals surface area contributed by atoms with Gasteiger partial charge in [-0.2, -0.15) is 8.78 Å². The molecule has 1 aliphatic heterocycles. The van der Waals surface area contributed by atoms with Gasteiger partial charge in [-0.3, -0.25) is 14.6 Å². The van der Waals surface area contributed by atoms with Gasteiger partial charge in [-0.1, -0.05) is 85.5 Å². The molecule has 0 spiro atoms. The Hall–Kier alpha value is -3.68. The number of nitrogens with zero attached hydrogens (tertiary/aromatic N) is 1. The summed E-state index contributed by atoms with van der Waals surface area (Å²) in [6.45, 7) is 11.0. The highest BCUT2D eigenvalue weighted by Crippen LogP contribution is 2.38. The van der Waals surface area contributed by atoms with Crippen LogP contribution < -0.4 is 0 Å². The SMILES string of the molecule is C=CN=C(/C=C(\C)C1CCC(O)CC1)C(=O)/C=C/CC(C)C1=CCC=C(C(=O)/C=C/CC2=CC(C(F)(F)/C=C/C)=C(C)C=CC=C2)S1. The monoisotopic (exact) mass is 659 g/mol. The molecule has 1 saturated carbocycles. The van der Waals surface area contributed by atoms with E-state index in [1.807, 2.05) is 31.2 Å². The second kappa shape index (κ2) is 18.6. The summed E-state index contributed by atoms with van der Waals surface area (Å²) in [5.74, 6) is -2.97. The highest BCUT2D eigenvalue weighted by Gasteiger charge is 2.30. The Morgan fingerprint density at radius 2 is 1.85 bits per heavy atom. The molecule has 1 fully saturated rings. The fraction of sp³-hybridized carbons (Fsp3) is 0.375. The molecule has 3 aliphatic rings. The van der Waals surface area contributed by atoms with E-state index in [-0.39, 0.29) is 29.2 Å². The smallest absolute Gasteiger partial charge is 0.291 e. The van der Waals surface area contributed by atoms with E-state index in [4.69, 9.17) is 0 Å². The van der Waals surface area contributed by atoms with Crippen LogP contribution in [-0.2, 0) is 9.59 Å². The zero-order valence-corrected chi connectivity index (χ0v) is 28.7. The van der Waals surface area contributed by atoms with Gasteiger partial charge in [0.15, 0.2) is 5.78 Å². The fourth-order valence-corrected chi connectivity index (χ4v) is 6.73. The van der Waals surface area contributed by atoms with Gasteiger partial charge in [-0.15, -0.1) is 0 Å². The molecule has 250 valence electrons. The number of alkyl halides is 2. The Labute approximate surface area is 283 Å². The van der Waals surface area contributed by atoms with Gasteiger partial charge in [0.05, 0.1) is 11.0 Å². The van der Waals surface area contributed by atoms with Gasteiger partial charge < -0.3 is 5.11 Å². The second-order valence-corrected chi connectivity index (χ2v) is 13.2. The number of carbonyl (C=O) groups excluding carboxylic acids is 2. The molecule has 1 N–H and O–H groups in total. The van der Waals surface area contributed by atoms with Crippen molar-refractivity contribution < 1.29 is 23.5 Å². The van der Waals surface area contributed by atoms with Crippen LogP contribution in [-0.4, -0.2) is 34.4 Å². The van der Waals surface area contributed by atoms with E-state index in [9.17, 15) is 23.5 Å². The van der Waals surface area contributed by atoms with Crippen LogP contribution in [0.1, 0.15) is 72.6 Å². The van der Waals surface area contributed by atoms with Crippen molar-refractivity contribution in [3.63, 3.8) is 0 Å². The van der Waals surface area contributed by atoms with Crippen LogP contribution >= 0.6 is 11.8 Å². The summed E-state index contributed by atoms with van der Waals surface area (Å²) in [6, 6.07) is 0. The molecule has 1 unspecified atom stereocenters. The van der Waals surface area contributed by atoms with E-state index < -0.39 is 5.92 Å². The molecule has 0 aromatic rings. The Morgan fingerprint density at radius 1 is 1.13 bits per heavy atom. The van der Waals surface area contributed by atoms with Crippen molar-refractivity contribution in [1.29, 1.82) is 0 Å². The van der Waals surface area contributed by atoms with Crippen LogP contribution in [0, 0.1) is 11.8 Å². The van der Waals surface area contributed by atoms with E-state index in [2.05, 4.69) is 24.6 Å². The van der Waals surface area contributed by atoms with Gasteiger partial charge in [0, 0.05) is 11.8 Å². The predicted molar refractivity (Wildman–Crippen MR) is 193 cm³/mol. The van der Waals surface area contributed by atoms with Gasteiger partial charge in [0.2, 0.25) is 5.78 Å². The van der Waals surface area contributed by atoms with Crippen LogP contribution in [0.15, 0.2) is 135 Å². The van der Waals surface area contributed by atoms with Crippen LogP contribution in [0.25, 0.3) is 0 Å². The standard InChI is InChI=1S/C40H47F2NO3S/c1-6-25-40(41,42)34-27-31(15-9-8-13-28(34)3)16-11-18-37(46)39-20-12-19-38(47-39)29(4)14-10-17-36(45)35(43-7-2)26-30(5)32-21-23-33(44)24-22-32/h6-11,13,15,17-20,25-27,29,32-33,44H,2,12,14,16,21-24H2,1,3-5H3/b9-8?,13-8?,15-9?,17-10+,18-11+,25-6+,28-13?,30-26+,31-15?,31-27?,34-27?,34-28?,43-35?. The maximum absolute atomic E-state index is 14.8. The first-order valence-corrected chi connectivity index (χ1v) is 17.1. The number of ketones is 2. The number of hydrogen-bond donors (Lipinski definition) is 1. The quantitative estimate of drug-likeness (QED) is 0.115. The van der Waals surface area contributed by atoms with Crippen molar-refractivity contribution in [2.75, 3.05) is 0 Å². The Kier molecular flexibility index (Phi) is 15.0. The molecule has 0 aromatic heterocycles. The van der Waals surface area contributed by atoms with Gasteiger partial charge in [-0.25, -0.2) is 0 Å². The van der Waals surface area contributed by atoms with Crippen LogP contribution in [0.2, 0.25) is 0 Å². The van der Waals surface area contributed by atoms with Crippen molar-refractivity contribution in [3.8, 4) is 0 Å². The van der Waals surface area contributed by atoms with Gasteiger partial charge >= 0.3 is 0 Å². The van der Waals surface area contributed by atoms with Gasteiger partial charge in [0.1, 0.15) is 5.71 Å². The molecule has 0 radical (unpaired) electrons. The maximum atomic E-state index is 14.8. The lowest BCUT2D eigenvalue weighted by molar-refractivity contribution is -0.111. The van der Waals surface area contributed by atoms with Crippen molar-refractivity contribution in [2.45, 2.75) is 84.7 Å². The first kappa shape index (κ1) is 37.8. The molecular formula is C40H47F2NO3S. The number of aliphatic imine (C=N–C) groups is 1. The van der Waals surface area contributed by atoms with Crippen LogP contribution in [0.5, 0.6) is 0 Å². The Bertz CT molecular complexity index is 1520. The number of rotatable bonds is 14. The van der Waals surface area contributed by atoms with E-state index in [1.165, 1.54) is 36.2 Å². The molecule has 0 bridgehead atoms. The molecule has 1 heterocycles. The summed E-state index contributed by atoms with van der Waals surface area (Å²) in [4.78, 5) is 31.9. The Balaban J connectivity index is 1.57. The minimum atomic E-state index is -3.09. The third-order valence-electron chi connectivity index (χ3n) is 8.41. The highest BCUT2D eigenvalue weighted by molar-refractivity contribution is 8.07. The first-order valence-electron chi connectivity index (χ1n) is 16.3. The molecule has 4 nitrogen and oxygen atoms in total. The third kappa shape index (κ3) is 11.8. The molecule has 1 atom stereocenters. The normalized spacial score (nSPS) is 22.3. The van der Waals surface area contributed by atoms with Crippen LogP contribution in [0.3, 0.4) is 0 Å². The molecule has 3 rings (SSSR count). The topological polar surface area (TPSA) is 66.7 Å². The number of hydrogen-bond acceptors (Lipinski definition) is 5. The molecule has 0 amide bonds. The number of allylic oxidation sites excluding steroid dienone is 20. The lowest BCUT2D eigenvalue weighted by Crippen LogP contribution is -2.19. The van der Waals surface area contributed by atoms with E-state index in [1.54, 1.807) is 44.2 Å². The van der Waals surface area contributed by atoms with E-state index >= 15 is 0 Å². The fourth-order valence-electron chi connectivity index (χ4n) is 5.65. The average molecular weight is 660 g/mol. The highest BCUT2D eigenvalue weighted by atomic mass is 32.2. The lowest BCUT2D eigenvalue weighted by atomic mass is 9.82. The minimum Gasteiger partial charge on any atom is -0.393 e. The summed E-state index contributed by atoms with van der Waals surface area (Å²) < 4.78 is 29.5. The number of thioether (sulfide) groups is 1. The molecular weight excluding hydrogens is 613 g/mol. The largest absolute Gasteiger partial charge is 0.393 e. The van der Waals surface area contributed by atoms with Gasteiger partial charge in [-0.05, 0) is 124 Å². The van der Waals surface area contributed by atoms with E-state index in [0.29, 0.717) is 46.9 Å². The predicted octanol–water partition coefficient (Wildman–Crippen LogP) is 10.2.